The van der Waals surface area contributed by atoms with Gasteiger partial charge in [-0.15, -0.1) is 0 Å². The molecule has 2 rings (SSSR count). The second-order valence-corrected chi connectivity index (χ2v) is 9.00. The van der Waals surface area contributed by atoms with Gasteiger partial charge in [-0.1, -0.05) is 49.2 Å². The molecule has 2 aromatic rings. The Kier molecular flexibility index (Phi) is 5.25. The van der Waals surface area contributed by atoms with Gasteiger partial charge in [0.15, 0.2) is 0 Å². The fourth-order valence-corrected chi connectivity index (χ4v) is 4.55. The van der Waals surface area contributed by atoms with Crippen molar-refractivity contribution in [2.24, 2.45) is 4.74 Å². The van der Waals surface area contributed by atoms with Gasteiger partial charge in [0, 0.05) is 5.69 Å². The second kappa shape index (κ2) is 6.95. The summed E-state index contributed by atoms with van der Waals surface area (Å²) in [6.45, 7) is 8.69. The highest BCUT2D eigenvalue weighted by atomic mass is 31.2. The highest BCUT2D eigenvalue weighted by Gasteiger charge is 2.15. The lowest BCUT2D eigenvalue weighted by Crippen LogP contribution is -2.02. The summed E-state index contributed by atoms with van der Waals surface area (Å²) in [5.41, 5.74) is 4.82. The van der Waals surface area contributed by atoms with Gasteiger partial charge in [0.1, 0.15) is 0 Å². The zero-order valence-corrected chi connectivity index (χ0v) is 14.3. The molecular weight excluding hydrogens is 275 g/mol. The van der Waals surface area contributed by atoms with Crippen molar-refractivity contribution in [1.29, 1.82) is 0 Å². The fraction of sp³-hybridized carbons (Fsp3) is 0.333. The molecule has 0 aromatic heterocycles. The lowest BCUT2D eigenvalue weighted by molar-refractivity contribution is 1.34. The zero-order valence-electron chi connectivity index (χ0n) is 13.4. The first kappa shape index (κ1) is 15.9. The van der Waals surface area contributed by atoms with Gasteiger partial charge in [-0.05, 0) is 50.4 Å². The van der Waals surface area contributed by atoms with E-state index in [0.29, 0.717) is 0 Å². The zero-order chi connectivity index (χ0) is 15.3. The van der Waals surface area contributed by atoms with Gasteiger partial charge in [0.05, 0.1) is 12.9 Å². The van der Waals surface area contributed by atoms with E-state index in [2.05, 4.69) is 81.3 Å². The van der Waals surface area contributed by atoms with Crippen LogP contribution in [0.2, 0.25) is 0 Å². The monoisotopic (exact) mass is 300 g/mol. The molecule has 0 fully saturated rings. The summed E-state index contributed by atoms with van der Waals surface area (Å²) in [4.78, 5) is 0. The molecule has 0 amide bonds. The molecule has 0 radical (unpaired) electrons. The second-order valence-electron chi connectivity index (χ2n) is 5.47. The first-order valence-electron chi connectivity index (χ1n) is 7.59. The first-order chi connectivity index (χ1) is 10.1. The summed E-state index contributed by atoms with van der Waals surface area (Å²) < 4.78 is 5.09. The number of nitrogens with one attached hydrogen (secondary N) is 1. The van der Waals surface area contributed by atoms with E-state index < -0.39 is 7.21 Å². The summed E-state index contributed by atoms with van der Waals surface area (Å²) in [5, 5.41) is 3.73. The van der Waals surface area contributed by atoms with Crippen LogP contribution in [0.5, 0.6) is 0 Å². The third-order valence-corrected chi connectivity index (χ3v) is 7.16. The van der Waals surface area contributed by atoms with Crippen LogP contribution in [0.4, 0.5) is 11.4 Å². The largest absolute Gasteiger partial charge is 0.352 e. The minimum Gasteiger partial charge on any atom is -0.352 e. The molecule has 0 saturated carbocycles. The maximum atomic E-state index is 5.09. The Labute approximate surface area is 128 Å². The van der Waals surface area contributed by atoms with Crippen molar-refractivity contribution in [1.82, 2.24) is 0 Å². The summed E-state index contributed by atoms with van der Waals surface area (Å²) >= 11 is 0. The van der Waals surface area contributed by atoms with Crippen LogP contribution in [0, 0.1) is 13.8 Å². The van der Waals surface area contributed by atoms with E-state index in [4.69, 9.17) is 4.74 Å². The Bertz CT molecular complexity index is 619. The molecule has 2 nitrogen and oxygen atoms in total. The van der Waals surface area contributed by atoms with E-state index in [0.717, 1.165) is 18.0 Å². The van der Waals surface area contributed by atoms with Gasteiger partial charge < -0.3 is 5.09 Å². The number of hydrogen-bond donors (Lipinski definition) is 1. The Hall–Kier alpha value is -1.53. The molecular formula is C18H25N2P. The Morgan fingerprint density at radius 2 is 1.29 bits per heavy atom. The predicted octanol–water partition coefficient (Wildman–Crippen LogP) is 6.20. The fourth-order valence-electron chi connectivity index (χ4n) is 2.25. The molecule has 1 N–H and O–H groups in total. The van der Waals surface area contributed by atoms with Gasteiger partial charge in [-0.25, -0.2) is 4.74 Å². The van der Waals surface area contributed by atoms with Crippen LogP contribution in [0.15, 0.2) is 53.3 Å². The summed E-state index contributed by atoms with van der Waals surface area (Å²) in [5.74, 6) is 0. The summed E-state index contributed by atoms with van der Waals surface area (Å²) in [7, 11) is -1.56. The molecule has 0 heterocycles. The molecule has 3 heteroatoms. The van der Waals surface area contributed by atoms with Gasteiger partial charge in [0.25, 0.3) is 0 Å². The molecule has 0 aliphatic heterocycles. The molecule has 0 saturated heterocycles. The Balaban J connectivity index is 2.35. The highest BCUT2D eigenvalue weighted by Crippen LogP contribution is 2.51. The normalized spacial score (nSPS) is 11.2. The van der Waals surface area contributed by atoms with Crippen LogP contribution in [-0.2, 0) is 0 Å². The third kappa shape index (κ3) is 4.22. The van der Waals surface area contributed by atoms with Crippen molar-refractivity contribution >= 4 is 18.6 Å². The van der Waals surface area contributed by atoms with Crippen LogP contribution >= 0.6 is 7.21 Å². The third-order valence-electron chi connectivity index (χ3n) is 3.78. The van der Waals surface area contributed by atoms with E-state index >= 15 is 0 Å². The molecule has 21 heavy (non-hydrogen) atoms. The average Bonchev–Trinajstić information content (AvgIpc) is 2.51. The lowest BCUT2D eigenvalue weighted by atomic mass is 10.2. The minimum absolute atomic E-state index is 1.06. The van der Waals surface area contributed by atoms with E-state index in [-0.39, 0.29) is 0 Å². The van der Waals surface area contributed by atoms with Gasteiger partial charge in [-0.3, -0.25) is 0 Å². The van der Waals surface area contributed by atoms with Crippen molar-refractivity contribution in [3.8, 4) is 0 Å². The predicted molar refractivity (Wildman–Crippen MR) is 96.1 cm³/mol. The number of hydrogen-bond acceptors (Lipinski definition) is 1. The topological polar surface area (TPSA) is 24.4 Å². The smallest absolute Gasteiger partial charge is 0.0635 e. The maximum Gasteiger partial charge on any atom is 0.0635 e. The average molecular weight is 300 g/mol. The van der Waals surface area contributed by atoms with Crippen molar-refractivity contribution < 1.29 is 0 Å². The summed E-state index contributed by atoms with van der Waals surface area (Å²) in [6, 6.07) is 17.1. The standard InChI is InChI=1S/C18H25N2P/c1-5-21(6-2,19-17-11-7-15(3)8-12-17)20-18-13-9-16(4)10-14-18/h7-14,19H,5-6H2,1-4H3. The number of aryl methyl sites for hydroxylation is 2. The molecule has 0 spiro atoms. The van der Waals surface area contributed by atoms with E-state index in [9.17, 15) is 0 Å². The highest BCUT2D eigenvalue weighted by molar-refractivity contribution is 7.67. The van der Waals surface area contributed by atoms with Crippen LogP contribution in [0.25, 0.3) is 0 Å². The number of benzene rings is 2. The first-order valence-corrected chi connectivity index (χ1v) is 9.70. The van der Waals surface area contributed by atoms with Crippen LogP contribution in [-0.4, -0.2) is 12.3 Å². The van der Waals surface area contributed by atoms with E-state index in [1.54, 1.807) is 0 Å². The molecule has 0 aliphatic carbocycles. The molecule has 2 aromatic carbocycles. The molecule has 0 aliphatic rings. The lowest BCUT2D eigenvalue weighted by Gasteiger charge is -2.24. The molecule has 0 unspecified atom stereocenters. The van der Waals surface area contributed by atoms with Gasteiger partial charge in [0.2, 0.25) is 0 Å². The van der Waals surface area contributed by atoms with E-state index in [1.807, 2.05) is 0 Å². The SMILES string of the molecule is CCP(CC)(=Nc1ccc(C)cc1)Nc1ccc(C)cc1. The van der Waals surface area contributed by atoms with Crippen LogP contribution in [0.3, 0.4) is 0 Å². The number of nitrogens with zero attached hydrogens (tertiary/aromatic N) is 1. The summed E-state index contributed by atoms with van der Waals surface area (Å²) in [6.07, 6.45) is 2.12. The minimum atomic E-state index is -1.56. The molecule has 0 atom stereocenters. The quantitative estimate of drug-likeness (QED) is 0.653. The molecule has 112 valence electrons. The van der Waals surface area contributed by atoms with E-state index in [1.165, 1.54) is 16.8 Å². The maximum absolute atomic E-state index is 5.09. The van der Waals surface area contributed by atoms with Crippen molar-refractivity contribution in [2.75, 3.05) is 17.4 Å². The molecule has 0 bridgehead atoms. The van der Waals surface area contributed by atoms with Crippen molar-refractivity contribution in [3.05, 3.63) is 59.7 Å². The Morgan fingerprint density at radius 1 is 0.810 bits per heavy atom. The van der Waals surface area contributed by atoms with Gasteiger partial charge in [-0.2, -0.15) is 0 Å². The van der Waals surface area contributed by atoms with Crippen molar-refractivity contribution in [3.63, 3.8) is 0 Å². The van der Waals surface area contributed by atoms with Crippen LogP contribution < -0.4 is 5.09 Å². The van der Waals surface area contributed by atoms with Gasteiger partial charge >= 0.3 is 0 Å². The van der Waals surface area contributed by atoms with Crippen LogP contribution in [0.1, 0.15) is 25.0 Å². The van der Waals surface area contributed by atoms with Crippen molar-refractivity contribution in [2.45, 2.75) is 27.7 Å². The Morgan fingerprint density at radius 3 is 1.76 bits per heavy atom. The number of anilines is 1. The number of rotatable bonds is 5.